The Balaban J connectivity index is 1.50. The fraction of sp³-hybridized carbons (Fsp3) is 0.368. The van der Waals surface area contributed by atoms with E-state index < -0.39 is 0 Å². The number of amides is 2. The number of nitrogens with one attached hydrogen (secondary N) is 1. The molecule has 1 aliphatic heterocycles. The first-order valence-corrected chi connectivity index (χ1v) is 8.40. The van der Waals surface area contributed by atoms with Gasteiger partial charge in [-0.2, -0.15) is 0 Å². The third kappa shape index (κ3) is 3.84. The number of carbonyl (C=O) groups is 2. The number of aromatic nitrogens is 1. The number of aryl methyl sites for hydroxylation is 1. The third-order valence-electron chi connectivity index (χ3n) is 4.63. The molecule has 2 aromatic rings. The molecule has 25 heavy (non-hydrogen) atoms. The largest absolute Gasteiger partial charge is 0.497 e. The number of benzene rings is 1. The lowest BCUT2D eigenvalue weighted by Crippen LogP contribution is -2.50. The summed E-state index contributed by atoms with van der Waals surface area (Å²) in [7, 11) is 3.41. The van der Waals surface area contributed by atoms with Crippen molar-refractivity contribution in [1.29, 1.82) is 0 Å². The van der Waals surface area contributed by atoms with E-state index in [0.717, 1.165) is 11.3 Å². The predicted molar refractivity (Wildman–Crippen MR) is 94.6 cm³/mol. The normalized spacial score (nSPS) is 16.5. The van der Waals surface area contributed by atoms with E-state index in [4.69, 9.17) is 4.74 Å². The molecule has 0 aliphatic carbocycles. The summed E-state index contributed by atoms with van der Waals surface area (Å²) in [6.07, 6.45) is 2.97. The summed E-state index contributed by atoms with van der Waals surface area (Å²) < 4.78 is 7.13. The second kappa shape index (κ2) is 7.42. The van der Waals surface area contributed by atoms with Crippen LogP contribution in [0.5, 0.6) is 5.75 Å². The molecule has 0 bridgehead atoms. The standard InChI is InChI=1S/C19H23N3O3/c1-21-15(13-22-10-4-7-17(22)19(21)24)12-20-18(23)9-8-14-5-3-6-16(11-14)25-2/h3-7,10-11,15H,8-9,12-13H2,1-2H3,(H,20,23). The number of fused-ring (bicyclic) bond motifs is 1. The van der Waals surface area contributed by atoms with Crippen LogP contribution in [-0.2, 0) is 17.8 Å². The fourth-order valence-electron chi connectivity index (χ4n) is 3.07. The smallest absolute Gasteiger partial charge is 0.270 e. The molecule has 1 aromatic heterocycles. The zero-order valence-corrected chi connectivity index (χ0v) is 14.6. The molecular formula is C19H23N3O3. The van der Waals surface area contributed by atoms with Crippen molar-refractivity contribution in [2.45, 2.75) is 25.4 Å². The number of likely N-dealkylation sites (N-methyl/N-ethyl adjacent to an activating group) is 1. The van der Waals surface area contributed by atoms with E-state index >= 15 is 0 Å². The Kier molecular flexibility index (Phi) is 5.07. The average Bonchev–Trinajstić information content (AvgIpc) is 3.10. The Morgan fingerprint density at radius 1 is 1.32 bits per heavy atom. The molecule has 1 aromatic carbocycles. The predicted octanol–water partition coefficient (Wildman–Crippen LogP) is 1.70. The van der Waals surface area contributed by atoms with Crippen molar-refractivity contribution in [2.24, 2.45) is 0 Å². The van der Waals surface area contributed by atoms with E-state index in [2.05, 4.69) is 5.32 Å². The van der Waals surface area contributed by atoms with Gasteiger partial charge in [-0.05, 0) is 36.2 Å². The summed E-state index contributed by atoms with van der Waals surface area (Å²) in [5.41, 5.74) is 1.76. The van der Waals surface area contributed by atoms with Crippen LogP contribution in [-0.4, -0.2) is 48.0 Å². The van der Waals surface area contributed by atoms with Crippen LogP contribution in [0.4, 0.5) is 0 Å². The van der Waals surface area contributed by atoms with E-state index in [1.54, 1.807) is 19.1 Å². The van der Waals surface area contributed by atoms with E-state index in [9.17, 15) is 9.59 Å². The molecule has 132 valence electrons. The molecule has 0 saturated carbocycles. The highest BCUT2D eigenvalue weighted by atomic mass is 16.5. The summed E-state index contributed by atoms with van der Waals surface area (Å²) in [6.45, 7) is 1.15. The first kappa shape index (κ1) is 17.1. The maximum atomic E-state index is 12.3. The molecule has 6 nitrogen and oxygen atoms in total. The Bertz CT molecular complexity index is 769. The zero-order valence-electron chi connectivity index (χ0n) is 14.6. The number of rotatable bonds is 6. The Hall–Kier alpha value is -2.76. The van der Waals surface area contributed by atoms with Gasteiger partial charge in [-0.3, -0.25) is 9.59 Å². The van der Waals surface area contributed by atoms with Crippen molar-refractivity contribution in [2.75, 3.05) is 20.7 Å². The molecule has 6 heteroatoms. The molecule has 2 amide bonds. The Morgan fingerprint density at radius 3 is 2.96 bits per heavy atom. The van der Waals surface area contributed by atoms with Crippen molar-refractivity contribution in [1.82, 2.24) is 14.8 Å². The fourth-order valence-corrected chi connectivity index (χ4v) is 3.07. The van der Waals surface area contributed by atoms with E-state index in [1.807, 2.05) is 47.2 Å². The lowest BCUT2D eigenvalue weighted by molar-refractivity contribution is -0.121. The minimum absolute atomic E-state index is 0.00752. The Labute approximate surface area is 147 Å². The lowest BCUT2D eigenvalue weighted by Gasteiger charge is -2.33. The van der Waals surface area contributed by atoms with Crippen LogP contribution in [0.15, 0.2) is 42.6 Å². The van der Waals surface area contributed by atoms with Gasteiger partial charge in [0.25, 0.3) is 5.91 Å². The minimum Gasteiger partial charge on any atom is -0.497 e. The highest BCUT2D eigenvalue weighted by Gasteiger charge is 2.29. The number of hydrogen-bond acceptors (Lipinski definition) is 3. The first-order chi connectivity index (χ1) is 12.1. The lowest BCUT2D eigenvalue weighted by atomic mass is 10.1. The van der Waals surface area contributed by atoms with Crippen LogP contribution in [0.2, 0.25) is 0 Å². The summed E-state index contributed by atoms with van der Waals surface area (Å²) in [4.78, 5) is 26.1. The van der Waals surface area contributed by atoms with Crippen molar-refractivity contribution >= 4 is 11.8 Å². The quantitative estimate of drug-likeness (QED) is 0.870. The van der Waals surface area contributed by atoms with Gasteiger partial charge in [0.15, 0.2) is 0 Å². The van der Waals surface area contributed by atoms with E-state index in [1.165, 1.54) is 0 Å². The van der Waals surface area contributed by atoms with Gasteiger partial charge in [-0.15, -0.1) is 0 Å². The number of carbonyl (C=O) groups excluding carboxylic acids is 2. The monoisotopic (exact) mass is 341 g/mol. The van der Waals surface area contributed by atoms with Crippen LogP contribution in [0, 0.1) is 0 Å². The highest BCUT2D eigenvalue weighted by molar-refractivity contribution is 5.93. The maximum Gasteiger partial charge on any atom is 0.270 e. The van der Waals surface area contributed by atoms with Gasteiger partial charge in [0.05, 0.1) is 13.2 Å². The molecule has 1 unspecified atom stereocenters. The number of methoxy groups -OCH3 is 1. The Morgan fingerprint density at radius 2 is 2.16 bits per heavy atom. The summed E-state index contributed by atoms with van der Waals surface area (Å²) in [5, 5.41) is 2.95. The van der Waals surface area contributed by atoms with Crippen LogP contribution in [0.3, 0.4) is 0 Å². The van der Waals surface area contributed by atoms with Gasteiger partial charge >= 0.3 is 0 Å². The molecule has 3 rings (SSSR count). The molecule has 0 spiro atoms. The van der Waals surface area contributed by atoms with Crippen LogP contribution < -0.4 is 10.1 Å². The molecule has 0 fully saturated rings. The maximum absolute atomic E-state index is 12.3. The molecule has 2 heterocycles. The highest BCUT2D eigenvalue weighted by Crippen LogP contribution is 2.16. The van der Waals surface area contributed by atoms with E-state index in [-0.39, 0.29) is 17.9 Å². The number of ether oxygens (including phenoxy) is 1. The van der Waals surface area contributed by atoms with Crippen LogP contribution >= 0.6 is 0 Å². The SMILES string of the molecule is COc1cccc(CCC(=O)NCC2Cn3cccc3C(=O)N2C)c1. The van der Waals surface area contributed by atoms with Crippen LogP contribution in [0.1, 0.15) is 22.5 Å². The van der Waals surface area contributed by atoms with Crippen LogP contribution in [0.25, 0.3) is 0 Å². The van der Waals surface area contributed by atoms with Gasteiger partial charge in [0, 0.05) is 32.8 Å². The molecule has 1 N–H and O–H groups in total. The second-order valence-electron chi connectivity index (χ2n) is 6.27. The van der Waals surface area contributed by atoms with E-state index in [0.29, 0.717) is 31.6 Å². The molecule has 0 saturated heterocycles. The molecule has 1 aliphatic rings. The van der Waals surface area contributed by atoms with Crippen molar-refractivity contribution in [3.05, 3.63) is 53.9 Å². The van der Waals surface area contributed by atoms with Gasteiger partial charge in [-0.25, -0.2) is 0 Å². The van der Waals surface area contributed by atoms with Crippen molar-refractivity contribution < 1.29 is 14.3 Å². The summed E-state index contributed by atoms with van der Waals surface area (Å²) in [6, 6.07) is 11.4. The molecule has 1 atom stereocenters. The topological polar surface area (TPSA) is 63.6 Å². The first-order valence-electron chi connectivity index (χ1n) is 8.40. The van der Waals surface area contributed by atoms with Gasteiger partial charge in [0.1, 0.15) is 11.4 Å². The van der Waals surface area contributed by atoms with Gasteiger partial charge in [0.2, 0.25) is 5.91 Å². The summed E-state index contributed by atoms with van der Waals surface area (Å²) >= 11 is 0. The second-order valence-corrected chi connectivity index (χ2v) is 6.27. The van der Waals surface area contributed by atoms with Crippen molar-refractivity contribution in [3.8, 4) is 5.75 Å². The average molecular weight is 341 g/mol. The summed E-state index contributed by atoms with van der Waals surface area (Å²) in [5.74, 6) is 0.775. The molecular weight excluding hydrogens is 318 g/mol. The number of hydrogen-bond donors (Lipinski definition) is 1. The van der Waals surface area contributed by atoms with Gasteiger partial charge < -0.3 is 19.5 Å². The zero-order chi connectivity index (χ0) is 17.8. The van der Waals surface area contributed by atoms with Gasteiger partial charge in [-0.1, -0.05) is 12.1 Å². The van der Waals surface area contributed by atoms with Crippen molar-refractivity contribution in [3.63, 3.8) is 0 Å². The third-order valence-corrected chi connectivity index (χ3v) is 4.63. The minimum atomic E-state index is -0.0341. The number of nitrogens with zero attached hydrogens (tertiary/aromatic N) is 2. The molecule has 0 radical (unpaired) electrons.